The van der Waals surface area contributed by atoms with Crippen LogP contribution in [0, 0.1) is 11.8 Å². The van der Waals surface area contributed by atoms with Crippen molar-refractivity contribution in [3.8, 4) is 0 Å². The monoisotopic (exact) mass is 190 g/mol. The van der Waals surface area contributed by atoms with Crippen molar-refractivity contribution >= 4 is 0 Å². The van der Waals surface area contributed by atoms with E-state index in [0.717, 1.165) is 6.42 Å². The molecular formula is C13H18O. The van der Waals surface area contributed by atoms with Crippen LogP contribution in [0.5, 0.6) is 0 Å². The predicted molar refractivity (Wildman–Crippen MR) is 58.2 cm³/mol. The number of aliphatic hydroxyl groups excluding tert-OH is 1. The maximum Gasteiger partial charge on any atom is 0.0468 e. The van der Waals surface area contributed by atoms with Crippen LogP contribution < -0.4 is 0 Å². The first kappa shape index (κ1) is 9.72. The fraction of sp³-hybridized carbons (Fsp3) is 0.538. The van der Waals surface area contributed by atoms with Gasteiger partial charge in [0.05, 0.1) is 0 Å². The number of hydrogen-bond acceptors (Lipinski definition) is 1. The van der Waals surface area contributed by atoms with E-state index in [2.05, 4.69) is 38.1 Å². The maximum atomic E-state index is 9.25. The lowest BCUT2D eigenvalue weighted by atomic mass is 9.83. The smallest absolute Gasteiger partial charge is 0.0468 e. The van der Waals surface area contributed by atoms with Crippen molar-refractivity contribution < 1.29 is 5.11 Å². The van der Waals surface area contributed by atoms with Gasteiger partial charge in [-0.3, -0.25) is 0 Å². The van der Waals surface area contributed by atoms with E-state index in [4.69, 9.17) is 0 Å². The average molecular weight is 190 g/mol. The van der Waals surface area contributed by atoms with Crippen molar-refractivity contribution in [2.24, 2.45) is 11.8 Å². The molecule has 0 spiro atoms. The van der Waals surface area contributed by atoms with Crippen LogP contribution in [0.4, 0.5) is 0 Å². The molecule has 1 N–H and O–H groups in total. The van der Waals surface area contributed by atoms with E-state index in [0.29, 0.717) is 18.4 Å². The standard InChI is InChI=1S/C13H18O/c1-10(2)13(8-12(13)9-14)11-6-4-3-5-7-11/h3-7,10,12,14H,8-9H2,1-2H3/t12-,13?/m1/s1. The molecule has 1 aliphatic rings. The van der Waals surface area contributed by atoms with Crippen LogP contribution in [-0.2, 0) is 5.41 Å². The molecule has 1 heteroatoms. The highest BCUT2D eigenvalue weighted by molar-refractivity contribution is 5.34. The zero-order valence-electron chi connectivity index (χ0n) is 8.90. The second kappa shape index (κ2) is 3.39. The van der Waals surface area contributed by atoms with Gasteiger partial charge in [-0.15, -0.1) is 0 Å². The molecule has 1 fully saturated rings. The van der Waals surface area contributed by atoms with Gasteiger partial charge < -0.3 is 5.11 Å². The number of rotatable bonds is 3. The third-order valence-corrected chi connectivity index (χ3v) is 3.71. The SMILES string of the molecule is CC(C)C1(c2ccccc2)C[C@@H]1CO. The Bertz CT molecular complexity index is 304. The summed E-state index contributed by atoms with van der Waals surface area (Å²) in [6.45, 7) is 4.83. The highest BCUT2D eigenvalue weighted by atomic mass is 16.3. The fourth-order valence-electron chi connectivity index (χ4n) is 2.72. The summed E-state index contributed by atoms with van der Waals surface area (Å²) in [6.07, 6.45) is 1.14. The summed E-state index contributed by atoms with van der Waals surface area (Å²) in [5.41, 5.74) is 1.66. The summed E-state index contributed by atoms with van der Waals surface area (Å²) >= 11 is 0. The van der Waals surface area contributed by atoms with Crippen molar-refractivity contribution in [2.45, 2.75) is 25.7 Å². The largest absolute Gasteiger partial charge is 0.396 e. The highest BCUT2D eigenvalue weighted by Crippen LogP contribution is 2.58. The first-order chi connectivity index (χ1) is 6.71. The van der Waals surface area contributed by atoms with Gasteiger partial charge in [-0.1, -0.05) is 44.2 Å². The zero-order valence-corrected chi connectivity index (χ0v) is 8.90. The number of hydrogen-bond donors (Lipinski definition) is 1. The quantitative estimate of drug-likeness (QED) is 0.776. The molecule has 0 radical (unpaired) electrons. The molecule has 1 unspecified atom stereocenters. The van der Waals surface area contributed by atoms with Gasteiger partial charge in [0.2, 0.25) is 0 Å². The summed E-state index contributed by atoms with van der Waals surface area (Å²) in [4.78, 5) is 0. The molecule has 2 atom stereocenters. The van der Waals surface area contributed by atoms with E-state index in [9.17, 15) is 5.11 Å². The second-order valence-corrected chi connectivity index (χ2v) is 4.64. The minimum absolute atomic E-state index is 0.260. The van der Waals surface area contributed by atoms with E-state index in [1.54, 1.807) is 0 Å². The van der Waals surface area contributed by atoms with Gasteiger partial charge in [0.15, 0.2) is 0 Å². The molecule has 0 aromatic heterocycles. The Morgan fingerprint density at radius 1 is 1.36 bits per heavy atom. The van der Waals surface area contributed by atoms with Gasteiger partial charge in [0.1, 0.15) is 0 Å². The minimum Gasteiger partial charge on any atom is -0.396 e. The topological polar surface area (TPSA) is 20.2 Å². The molecule has 14 heavy (non-hydrogen) atoms. The van der Waals surface area contributed by atoms with Crippen LogP contribution in [0.25, 0.3) is 0 Å². The molecule has 1 saturated carbocycles. The molecular weight excluding hydrogens is 172 g/mol. The highest BCUT2D eigenvalue weighted by Gasteiger charge is 2.56. The normalized spacial score (nSPS) is 30.7. The van der Waals surface area contributed by atoms with Crippen LogP contribution in [0.15, 0.2) is 30.3 Å². The third kappa shape index (κ3) is 1.27. The van der Waals surface area contributed by atoms with Crippen LogP contribution in [-0.4, -0.2) is 11.7 Å². The predicted octanol–water partition coefficient (Wildman–Crippen LogP) is 2.59. The van der Waals surface area contributed by atoms with Crippen LogP contribution in [0.2, 0.25) is 0 Å². The lowest BCUT2D eigenvalue weighted by Gasteiger charge is -2.22. The number of benzene rings is 1. The minimum atomic E-state index is 0.260. The second-order valence-electron chi connectivity index (χ2n) is 4.64. The first-order valence-electron chi connectivity index (χ1n) is 5.38. The third-order valence-electron chi connectivity index (χ3n) is 3.71. The summed E-state index contributed by atoms with van der Waals surface area (Å²) < 4.78 is 0. The van der Waals surface area contributed by atoms with Crippen LogP contribution in [0.1, 0.15) is 25.8 Å². The van der Waals surface area contributed by atoms with Crippen molar-refractivity contribution in [1.82, 2.24) is 0 Å². The van der Waals surface area contributed by atoms with E-state index in [1.165, 1.54) is 5.56 Å². The average Bonchev–Trinajstić information content (AvgIpc) is 2.94. The van der Waals surface area contributed by atoms with E-state index in [-0.39, 0.29) is 5.41 Å². The Kier molecular flexibility index (Phi) is 2.36. The van der Waals surface area contributed by atoms with Crippen molar-refractivity contribution in [3.05, 3.63) is 35.9 Å². The van der Waals surface area contributed by atoms with Gasteiger partial charge in [0.25, 0.3) is 0 Å². The molecule has 0 amide bonds. The molecule has 0 bridgehead atoms. The van der Waals surface area contributed by atoms with Gasteiger partial charge in [-0.2, -0.15) is 0 Å². The fourth-order valence-corrected chi connectivity index (χ4v) is 2.72. The van der Waals surface area contributed by atoms with Gasteiger partial charge in [-0.05, 0) is 23.8 Å². The maximum absolute atomic E-state index is 9.25. The van der Waals surface area contributed by atoms with Crippen LogP contribution >= 0.6 is 0 Å². The Labute approximate surface area is 85.8 Å². The first-order valence-corrected chi connectivity index (χ1v) is 5.38. The Hall–Kier alpha value is -0.820. The van der Waals surface area contributed by atoms with E-state index >= 15 is 0 Å². The van der Waals surface area contributed by atoms with Crippen molar-refractivity contribution in [3.63, 3.8) is 0 Å². The van der Waals surface area contributed by atoms with Gasteiger partial charge >= 0.3 is 0 Å². The molecule has 1 aromatic carbocycles. The Morgan fingerprint density at radius 2 is 2.00 bits per heavy atom. The van der Waals surface area contributed by atoms with Gasteiger partial charge in [-0.25, -0.2) is 0 Å². The van der Waals surface area contributed by atoms with Crippen LogP contribution in [0.3, 0.4) is 0 Å². The number of aliphatic hydroxyl groups is 1. The summed E-state index contributed by atoms with van der Waals surface area (Å²) in [5, 5.41) is 9.25. The van der Waals surface area contributed by atoms with Crippen molar-refractivity contribution in [2.75, 3.05) is 6.61 Å². The van der Waals surface area contributed by atoms with E-state index in [1.807, 2.05) is 6.07 Å². The Balaban J connectivity index is 2.31. The Morgan fingerprint density at radius 3 is 2.43 bits per heavy atom. The molecule has 2 rings (SSSR count). The lowest BCUT2D eigenvalue weighted by molar-refractivity contribution is 0.252. The van der Waals surface area contributed by atoms with Crippen molar-refractivity contribution in [1.29, 1.82) is 0 Å². The summed E-state index contributed by atoms with van der Waals surface area (Å²) in [6, 6.07) is 10.6. The molecule has 0 heterocycles. The lowest BCUT2D eigenvalue weighted by Crippen LogP contribution is -2.19. The molecule has 0 saturated heterocycles. The molecule has 1 nitrogen and oxygen atoms in total. The molecule has 1 aliphatic carbocycles. The zero-order chi connectivity index (χ0) is 10.2. The molecule has 1 aromatic rings. The summed E-state index contributed by atoms with van der Waals surface area (Å²) in [7, 11) is 0. The summed E-state index contributed by atoms with van der Waals surface area (Å²) in [5.74, 6) is 1.09. The molecule has 76 valence electrons. The van der Waals surface area contributed by atoms with E-state index < -0.39 is 0 Å². The molecule has 0 aliphatic heterocycles. The van der Waals surface area contributed by atoms with Gasteiger partial charge in [0, 0.05) is 12.0 Å².